The number of carbonyl (C=O) groups excluding carboxylic acids is 1. The number of amides is 1. The van der Waals surface area contributed by atoms with Crippen LogP contribution < -0.4 is 16.0 Å². The molecule has 32 heavy (non-hydrogen) atoms. The minimum atomic E-state index is 0.0613. The van der Waals surface area contributed by atoms with Crippen LogP contribution in [0.1, 0.15) is 55.6 Å². The van der Waals surface area contributed by atoms with Gasteiger partial charge in [-0.3, -0.25) is 9.69 Å². The molecule has 2 saturated heterocycles. The minimum absolute atomic E-state index is 0.0613. The molecule has 4 rings (SSSR count). The summed E-state index contributed by atoms with van der Waals surface area (Å²) in [6.07, 6.45) is 7.30. The first kappa shape index (κ1) is 22.2. The fraction of sp³-hybridized carbons (Fsp3) is 0.444. The maximum Gasteiger partial charge on any atom is 0.238 e. The first-order valence-corrected chi connectivity index (χ1v) is 11.9. The van der Waals surface area contributed by atoms with Gasteiger partial charge in [0.15, 0.2) is 0 Å². The number of piperidine rings is 1. The Labute approximate surface area is 192 Å². The lowest BCUT2D eigenvalue weighted by Gasteiger charge is -2.31. The third-order valence-electron chi connectivity index (χ3n) is 6.65. The average molecular weight is 431 g/mol. The lowest BCUT2D eigenvalue weighted by atomic mass is 9.88. The zero-order valence-electron chi connectivity index (χ0n) is 18.9. The van der Waals surface area contributed by atoms with Crippen LogP contribution in [0.15, 0.2) is 48.5 Å². The standard InChI is InChI=1S/C27H34N4O/c28-15-12-22-6-5-7-24(20-22)23-13-18-30(19-14-23)21-27(32)29-25-8-10-26(11-9-25)31-16-3-1-2-4-17-31/h5-11,20,23H,1-4,13-14,16-19,21,28H2,(H,29,32). The third kappa shape index (κ3) is 6.05. The Morgan fingerprint density at radius 2 is 1.69 bits per heavy atom. The number of anilines is 2. The molecule has 0 spiro atoms. The second-order valence-corrected chi connectivity index (χ2v) is 8.94. The van der Waals surface area contributed by atoms with Gasteiger partial charge in [-0.1, -0.05) is 25.0 Å². The van der Waals surface area contributed by atoms with E-state index < -0.39 is 0 Å². The van der Waals surface area contributed by atoms with Crippen LogP contribution in [-0.4, -0.2) is 43.5 Å². The molecule has 5 heteroatoms. The van der Waals surface area contributed by atoms with Gasteiger partial charge in [0.25, 0.3) is 0 Å². The Hall–Kier alpha value is -2.97. The van der Waals surface area contributed by atoms with Crippen LogP contribution in [0.25, 0.3) is 0 Å². The van der Waals surface area contributed by atoms with Crippen molar-refractivity contribution in [1.29, 1.82) is 0 Å². The van der Waals surface area contributed by atoms with Crippen LogP contribution in [0, 0.1) is 12.0 Å². The van der Waals surface area contributed by atoms with Crippen molar-refractivity contribution in [1.82, 2.24) is 4.90 Å². The summed E-state index contributed by atoms with van der Waals surface area (Å²) < 4.78 is 0. The van der Waals surface area contributed by atoms with Gasteiger partial charge in [0.2, 0.25) is 5.91 Å². The molecule has 2 heterocycles. The molecule has 0 bridgehead atoms. The van der Waals surface area contributed by atoms with Crippen LogP contribution in [-0.2, 0) is 4.79 Å². The van der Waals surface area contributed by atoms with E-state index in [1.807, 2.05) is 24.3 Å². The lowest BCUT2D eigenvalue weighted by Crippen LogP contribution is -2.38. The highest BCUT2D eigenvalue weighted by Gasteiger charge is 2.22. The molecule has 0 saturated carbocycles. The molecule has 2 aromatic rings. The van der Waals surface area contributed by atoms with Crippen LogP contribution >= 0.6 is 0 Å². The summed E-state index contributed by atoms with van der Waals surface area (Å²) in [5, 5.41) is 3.07. The predicted octanol–water partition coefficient (Wildman–Crippen LogP) is 4.15. The van der Waals surface area contributed by atoms with Gasteiger partial charge in [-0.2, -0.15) is 0 Å². The molecule has 5 nitrogen and oxygen atoms in total. The highest BCUT2D eigenvalue weighted by atomic mass is 16.2. The van der Waals surface area contributed by atoms with Crippen LogP contribution in [0.2, 0.25) is 0 Å². The summed E-state index contributed by atoms with van der Waals surface area (Å²) in [6.45, 7) is 4.57. The van der Waals surface area contributed by atoms with Crippen molar-refractivity contribution in [3.8, 4) is 12.0 Å². The van der Waals surface area contributed by atoms with Crippen molar-refractivity contribution < 1.29 is 4.79 Å². The maximum absolute atomic E-state index is 12.6. The molecule has 2 aliphatic heterocycles. The van der Waals surface area contributed by atoms with Gasteiger partial charge < -0.3 is 16.0 Å². The summed E-state index contributed by atoms with van der Waals surface area (Å²) in [7, 11) is 0. The molecule has 3 N–H and O–H groups in total. The average Bonchev–Trinajstić information content (AvgIpc) is 3.10. The van der Waals surface area contributed by atoms with Crippen molar-refractivity contribution in [2.24, 2.45) is 5.73 Å². The van der Waals surface area contributed by atoms with Crippen molar-refractivity contribution in [2.75, 3.05) is 42.9 Å². The Bertz CT molecular complexity index is 944. The number of rotatable bonds is 5. The van der Waals surface area contributed by atoms with Crippen LogP contribution in [0.4, 0.5) is 11.4 Å². The molecule has 0 aromatic heterocycles. The summed E-state index contributed by atoms with van der Waals surface area (Å²) in [5.74, 6) is 3.51. The van der Waals surface area contributed by atoms with Crippen LogP contribution in [0.5, 0.6) is 0 Å². The number of nitrogens with zero attached hydrogens (tertiary/aromatic N) is 2. The molecule has 0 radical (unpaired) electrons. The van der Waals surface area contributed by atoms with E-state index >= 15 is 0 Å². The van der Waals surface area contributed by atoms with Crippen molar-refractivity contribution >= 4 is 17.3 Å². The first-order valence-electron chi connectivity index (χ1n) is 11.9. The van der Waals surface area contributed by atoms with Gasteiger partial charge in [-0.05, 0) is 92.6 Å². The molecule has 0 atom stereocenters. The second-order valence-electron chi connectivity index (χ2n) is 8.94. The monoisotopic (exact) mass is 430 g/mol. The number of likely N-dealkylation sites (tertiary alicyclic amines) is 1. The van der Waals surface area contributed by atoms with Gasteiger partial charge in [0.1, 0.15) is 0 Å². The summed E-state index contributed by atoms with van der Waals surface area (Å²) in [4.78, 5) is 17.3. The highest BCUT2D eigenvalue weighted by Crippen LogP contribution is 2.28. The first-order chi connectivity index (χ1) is 15.7. The summed E-state index contributed by atoms with van der Waals surface area (Å²) >= 11 is 0. The number of nitrogens with one attached hydrogen (secondary N) is 1. The Morgan fingerprint density at radius 1 is 0.969 bits per heavy atom. The van der Waals surface area contributed by atoms with E-state index in [2.05, 4.69) is 51.3 Å². The fourth-order valence-electron chi connectivity index (χ4n) is 4.87. The topological polar surface area (TPSA) is 61.6 Å². The smallest absolute Gasteiger partial charge is 0.238 e. The number of nitrogens with two attached hydrogens (primary N) is 1. The number of benzene rings is 2. The summed E-state index contributed by atoms with van der Waals surface area (Å²) in [6, 6.07) is 19.2. The van der Waals surface area contributed by atoms with Crippen molar-refractivity contribution in [3.63, 3.8) is 0 Å². The van der Waals surface area contributed by atoms with E-state index in [-0.39, 0.29) is 5.91 Å². The Kier molecular flexibility index (Phi) is 7.68. The van der Waals surface area contributed by atoms with E-state index in [9.17, 15) is 4.79 Å². The molecule has 2 aromatic carbocycles. The van der Waals surface area contributed by atoms with Gasteiger partial charge in [0.05, 0.1) is 6.54 Å². The van der Waals surface area contributed by atoms with E-state index in [0.29, 0.717) is 12.5 Å². The lowest BCUT2D eigenvalue weighted by molar-refractivity contribution is -0.117. The number of hydrogen-bond acceptors (Lipinski definition) is 4. The molecular formula is C27H34N4O. The normalized spacial score (nSPS) is 17.8. The molecule has 2 aliphatic rings. The van der Waals surface area contributed by atoms with Crippen LogP contribution in [0.3, 0.4) is 0 Å². The van der Waals surface area contributed by atoms with Gasteiger partial charge in [-0.25, -0.2) is 0 Å². The van der Waals surface area contributed by atoms with E-state index in [4.69, 9.17) is 5.73 Å². The molecule has 2 fully saturated rings. The zero-order chi connectivity index (χ0) is 22.2. The number of hydrogen-bond donors (Lipinski definition) is 2. The number of carbonyl (C=O) groups is 1. The molecule has 0 aliphatic carbocycles. The van der Waals surface area contributed by atoms with Gasteiger partial charge in [-0.15, -0.1) is 0 Å². The Balaban J connectivity index is 1.24. The molecular weight excluding hydrogens is 396 g/mol. The Morgan fingerprint density at radius 3 is 2.38 bits per heavy atom. The van der Waals surface area contributed by atoms with E-state index in [1.165, 1.54) is 36.9 Å². The fourth-order valence-corrected chi connectivity index (χ4v) is 4.87. The molecule has 168 valence electrons. The quantitative estimate of drug-likeness (QED) is 0.553. The van der Waals surface area contributed by atoms with Crippen molar-refractivity contribution in [2.45, 2.75) is 44.4 Å². The predicted molar refractivity (Wildman–Crippen MR) is 132 cm³/mol. The minimum Gasteiger partial charge on any atom is -0.372 e. The summed E-state index contributed by atoms with van der Waals surface area (Å²) in [5.41, 5.74) is 9.77. The third-order valence-corrected chi connectivity index (χ3v) is 6.65. The molecule has 1 amide bonds. The van der Waals surface area contributed by atoms with Gasteiger partial charge in [0, 0.05) is 36.1 Å². The molecule has 0 unspecified atom stereocenters. The SMILES string of the molecule is NC#Cc1cccc(C2CCN(CC(=O)Nc3ccc(N4CCCCCC4)cc3)CC2)c1. The zero-order valence-corrected chi connectivity index (χ0v) is 18.9. The van der Waals surface area contributed by atoms with E-state index in [0.717, 1.165) is 50.3 Å². The maximum atomic E-state index is 12.6. The van der Waals surface area contributed by atoms with Gasteiger partial charge >= 0.3 is 0 Å². The van der Waals surface area contributed by atoms with Crippen molar-refractivity contribution in [3.05, 3.63) is 59.7 Å². The second kappa shape index (κ2) is 11.1. The van der Waals surface area contributed by atoms with E-state index in [1.54, 1.807) is 0 Å². The highest BCUT2D eigenvalue weighted by molar-refractivity contribution is 5.92. The largest absolute Gasteiger partial charge is 0.372 e.